The first-order valence-electron chi connectivity index (χ1n) is 7.22. The average Bonchev–Trinajstić information content (AvgIpc) is 2.71. The van der Waals surface area contributed by atoms with Crippen molar-refractivity contribution in [2.24, 2.45) is 13.0 Å². The summed E-state index contributed by atoms with van der Waals surface area (Å²) in [6.45, 7) is 6.43. The highest BCUT2D eigenvalue weighted by Crippen LogP contribution is 2.29. The van der Waals surface area contributed by atoms with Crippen molar-refractivity contribution in [2.45, 2.75) is 20.8 Å². The third-order valence-electron chi connectivity index (χ3n) is 3.14. The van der Waals surface area contributed by atoms with Crippen molar-refractivity contribution in [1.29, 1.82) is 0 Å². The standard InChI is InChI=1S/C16H19Cl2N3O2/c1-9(2)8-23-13-6-5-11(7-12(13)17)19-16(22)14-10(3)20-21(4)15(14)18/h5-7,9H,8H2,1-4H3,(H,19,22). The summed E-state index contributed by atoms with van der Waals surface area (Å²) in [5.74, 6) is 0.669. The smallest absolute Gasteiger partial charge is 0.260 e. The lowest BCUT2D eigenvalue weighted by molar-refractivity contribution is 0.102. The van der Waals surface area contributed by atoms with Gasteiger partial charge in [-0.25, -0.2) is 0 Å². The van der Waals surface area contributed by atoms with Gasteiger partial charge in [0.25, 0.3) is 5.91 Å². The van der Waals surface area contributed by atoms with E-state index in [1.807, 2.05) is 0 Å². The molecule has 124 valence electrons. The summed E-state index contributed by atoms with van der Waals surface area (Å²) >= 11 is 12.3. The first-order valence-corrected chi connectivity index (χ1v) is 7.98. The van der Waals surface area contributed by atoms with Gasteiger partial charge in [-0.3, -0.25) is 9.48 Å². The molecule has 1 N–H and O–H groups in total. The minimum Gasteiger partial charge on any atom is -0.492 e. The van der Waals surface area contributed by atoms with Crippen LogP contribution in [0.15, 0.2) is 18.2 Å². The Morgan fingerprint density at radius 3 is 2.61 bits per heavy atom. The Morgan fingerprint density at radius 1 is 1.39 bits per heavy atom. The van der Waals surface area contributed by atoms with Crippen molar-refractivity contribution in [1.82, 2.24) is 9.78 Å². The van der Waals surface area contributed by atoms with Gasteiger partial charge in [0.1, 0.15) is 10.9 Å². The maximum Gasteiger partial charge on any atom is 0.260 e. The summed E-state index contributed by atoms with van der Waals surface area (Å²) in [6.07, 6.45) is 0. The predicted molar refractivity (Wildman–Crippen MR) is 92.7 cm³/mol. The zero-order valence-electron chi connectivity index (χ0n) is 13.5. The van der Waals surface area contributed by atoms with E-state index in [4.69, 9.17) is 27.9 Å². The number of nitrogens with one attached hydrogen (secondary N) is 1. The summed E-state index contributed by atoms with van der Waals surface area (Å²) in [6, 6.07) is 5.12. The maximum atomic E-state index is 12.4. The monoisotopic (exact) mass is 355 g/mol. The highest BCUT2D eigenvalue weighted by atomic mass is 35.5. The summed E-state index contributed by atoms with van der Waals surface area (Å²) in [4.78, 5) is 12.4. The van der Waals surface area contributed by atoms with E-state index in [-0.39, 0.29) is 5.91 Å². The SMILES string of the molecule is Cc1nn(C)c(Cl)c1C(=O)Nc1ccc(OCC(C)C)c(Cl)c1. The van der Waals surface area contributed by atoms with E-state index in [2.05, 4.69) is 24.3 Å². The minimum atomic E-state index is -0.326. The summed E-state index contributed by atoms with van der Waals surface area (Å²) in [7, 11) is 1.68. The zero-order valence-corrected chi connectivity index (χ0v) is 15.0. The van der Waals surface area contributed by atoms with Crippen LogP contribution >= 0.6 is 23.2 Å². The average molecular weight is 356 g/mol. The molecule has 7 heteroatoms. The molecule has 1 amide bonds. The van der Waals surface area contributed by atoms with E-state index >= 15 is 0 Å². The van der Waals surface area contributed by atoms with Crippen molar-refractivity contribution in [3.63, 3.8) is 0 Å². The number of benzene rings is 1. The Bertz CT molecular complexity index is 726. The number of ether oxygens (including phenoxy) is 1. The largest absolute Gasteiger partial charge is 0.492 e. The number of aryl methyl sites for hydroxylation is 2. The Hall–Kier alpha value is -1.72. The zero-order chi connectivity index (χ0) is 17.1. The molecule has 0 spiro atoms. The second-order valence-electron chi connectivity index (χ2n) is 5.68. The number of carbonyl (C=O) groups is 1. The number of carbonyl (C=O) groups excluding carboxylic acids is 1. The fourth-order valence-corrected chi connectivity index (χ4v) is 2.53. The number of aromatic nitrogens is 2. The molecule has 5 nitrogen and oxygen atoms in total. The molecule has 0 fully saturated rings. The highest BCUT2D eigenvalue weighted by molar-refractivity contribution is 6.34. The number of hydrogen-bond acceptors (Lipinski definition) is 3. The predicted octanol–water partition coefficient (Wildman–Crippen LogP) is 4.32. The minimum absolute atomic E-state index is 0.294. The molecule has 23 heavy (non-hydrogen) atoms. The Labute approximate surface area is 145 Å². The van der Waals surface area contributed by atoms with E-state index in [0.717, 1.165) is 0 Å². The molecule has 1 aromatic carbocycles. The molecule has 0 atom stereocenters. The van der Waals surface area contributed by atoms with E-state index < -0.39 is 0 Å². The Balaban J connectivity index is 2.14. The van der Waals surface area contributed by atoms with Gasteiger partial charge in [0.2, 0.25) is 0 Å². The molecule has 0 unspecified atom stereocenters. The molecule has 0 saturated carbocycles. The van der Waals surface area contributed by atoms with Crippen LogP contribution in [0.25, 0.3) is 0 Å². The maximum absolute atomic E-state index is 12.4. The van der Waals surface area contributed by atoms with E-state index in [1.165, 1.54) is 4.68 Å². The third kappa shape index (κ3) is 4.18. The molecule has 0 radical (unpaired) electrons. The van der Waals surface area contributed by atoms with Crippen molar-refractivity contribution >= 4 is 34.8 Å². The van der Waals surface area contributed by atoms with Gasteiger partial charge in [-0.2, -0.15) is 5.10 Å². The van der Waals surface area contributed by atoms with Gasteiger partial charge in [0.05, 0.1) is 22.9 Å². The molecule has 0 aliphatic carbocycles. The van der Waals surface area contributed by atoms with Gasteiger partial charge in [-0.05, 0) is 31.0 Å². The van der Waals surface area contributed by atoms with Crippen LogP contribution in [-0.4, -0.2) is 22.3 Å². The number of halogens is 2. The van der Waals surface area contributed by atoms with E-state index in [1.54, 1.807) is 32.2 Å². The molecular weight excluding hydrogens is 337 g/mol. The van der Waals surface area contributed by atoms with Crippen LogP contribution in [0.3, 0.4) is 0 Å². The lowest BCUT2D eigenvalue weighted by atomic mass is 10.2. The number of hydrogen-bond donors (Lipinski definition) is 1. The van der Waals surface area contributed by atoms with Crippen molar-refractivity contribution in [3.8, 4) is 5.75 Å². The molecular formula is C16H19Cl2N3O2. The second kappa shape index (κ2) is 7.23. The lowest BCUT2D eigenvalue weighted by Crippen LogP contribution is -2.13. The third-order valence-corrected chi connectivity index (χ3v) is 3.87. The molecule has 0 aliphatic heterocycles. The Morgan fingerprint density at radius 2 is 2.09 bits per heavy atom. The molecule has 0 bridgehead atoms. The van der Waals surface area contributed by atoms with Crippen LogP contribution < -0.4 is 10.1 Å². The van der Waals surface area contributed by atoms with E-state index in [9.17, 15) is 4.79 Å². The van der Waals surface area contributed by atoms with Crippen molar-refractivity contribution in [3.05, 3.63) is 39.6 Å². The van der Waals surface area contributed by atoms with Crippen molar-refractivity contribution < 1.29 is 9.53 Å². The topological polar surface area (TPSA) is 56.2 Å². The fraction of sp³-hybridized carbons (Fsp3) is 0.375. The van der Waals surface area contributed by atoms with Crippen LogP contribution in [0.2, 0.25) is 10.2 Å². The van der Waals surface area contributed by atoms with E-state index in [0.29, 0.717) is 45.4 Å². The van der Waals surface area contributed by atoms with Crippen LogP contribution in [0, 0.1) is 12.8 Å². The van der Waals surface area contributed by atoms with Crippen LogP contribution in [-0.2, 0) is 7.05 Å². The molecule has 0 saturated heterocycles. The molecule has 1 heterocycles. The molecule has 1 aromatic heterocycles. The molecule has 2 rings (SSSR count). The van der Waals surface area contributed by atoms with Gasteiger partial charge >= 0.3 is 0 Å². The second-order valence-corrected chi connectivity index (χ2v) is 6.44. The first-order chi connectivity index (χ1) is 10.8. The summed E-state index contributed by atoms with van der Waals surface area (Å²) in [5, 5.41) is 7.63. The number of amides is 1. The molecule has 2 aromatic rings. The summed E-state index contributed by atoms with van der Waals surface area (Å²) < 4.78 is 7.07. The first kappa shape index (κ1) is 17.6. The van der Waals surface area contributed by atoms with Gasteiger partial charge in [0.15, 0.2) is 0 Å². The fourth-order valence-electron chi connectivity index (χ4n) is 2.03. The van der Waals surface area contributed by atoms with Crippen LogP contribution in [0.5, 0.6) is 5.75 Å². The van der Waals surface area contributed by atoms with Crippen LogP contribution in [0.1, 0.15) is 29.9 Å². The highest BCUT2D eigenvalue weighted by Gasteiger charge is 2.19. The number of nitrogens with zero attached hydrogens (tertiary/aromatic N) is 2. The summed E-state index contributed by atoms with van der Waals surface area (Å²) in [5.41, 5.74) is 1.49. The number of anilines is 1. The molecule has 0 aliphatic rings. The number of rotatable bonds is 5. The van der Waals surface area contributed by atoms with Crippen LogP contribution in [0.4, 0.5) is 5.69 Å². The lowest BCUT2D eigenvalue weighted by Gasteiger charge is -2.12. The van der Waals surface area contributed by atoms with Crippen molar-refractivity contribution in [2.75, 3.05) is 11.9 Å². The van der Waals surface area contributed by atoms with Gasteiger partial charge < -0.3 is 10.1 Å². The van der Waals surface area contributed by atoms with Gasteiger partial charge in [-0.15, -0.1) is 0 Å². The Kier molecular flexibility index (Phi) is 5.55. The van der Waals surface area contributed by atoms with Gasteiger partial charge in [0, 0.05) is 12.7 Å². The normalized spacial score (nSPS) is 10.9. The quantitative estimate of drug-likeness (QED) is 0.868. The van der Waals surface area contributed by atoms with Gasteiger partial charge in [-0.1, -0.05) is 37.0 Å².